The fraction of sp³-hybridized carbons (Fsp3) is 0.231. The van der Waals surface area contributed by atoms with Gasteiger partial charge in [0, 0.05) is 4.90 Å². The Kier molecular flexibility index (Phi) is 4.38. The summed E-state index contributed by atoms with van der Waals surface area (Å²) in [5.41, 5.74) is 1.64. The van der Waals surface area contributed by atoms with E-state index in [-0.39, 0.29) is 5.91 Å². The number of hydrogen-bond donors (Lipinski definition) is 1. The van der Waals surface area contributed by atoms with Gasteiger partial charge >= 0.3 is 0 Å². The Hall–Kier alpha value is -1.33. The van der Waals surface area contributed by atoms with Crippen molar-refractivity contribution in [3.63, 3.8) is 0 Å². The molecule has 1 aromatic carbocycles. The highest BCUT2D eigenvalue weighted by molar-refractivity contribution is 7.99. The van der Waals surface area contributed by atoms with Crippen LogP contribution in [0.2, 0.25) is 0 Å². The zero-order valence-electron chi connectivity index (χ0n) is 10.3. The van der Waals surface area contributed by atoms with Crippen LogP contribution in [0.3, 0.4) is 0 Å². The lowest BCUT2D eigenvalue weighted by atomic mass is 10.2. The van der Waals surface area contributed by atoms with Crippen LogP contribution in [0.25, 0.3) is 0 Å². The molecule has 1 aromatic heterocycles. The number of nitrogens with one attached hydrogen (secondary N) is 1. The van der Waals surface area contributed by atoms with E-state index in [1.165, 1.54) is 11.5 Å². The van der Waals surface area contributed by atoms with E-state index in [1.54, 1.807) is 11.8 Å². The summed E-state index contributed by atoms with van der Waals surface area (Å²) >= 11 is 2.98. The van der Waals surface area contributed by atoms with Gasteiger partial charge in [0.05, 0.1) is 11.3 Å². The van der Waals surface area contributed by atoms with Crippen molar-refractivity contribution in [1.82, 2.24) is 4.37 Å². The van der Waals surface area contributed by atoms with E-state index in [4.69, 9.17) is 0 Å². The maximum Gasteiger partial charge on any atom is 0.257 e. The van der Waals surface area contributed by atoms with E-state index in [0.29, 0.717) is 0 Å². The number of thioether (sulfide) groups is 1. The number of nitrogens with zero attached hydrogens (tertiary/aromatic N) is 1. The summed E-state index contributed by atoms with van der Waals surface area (Å²) in [6.45, 7) is 3.99. The molecule has 0 spiro atoms. The third-order valence-corrected chi connectivity index (χ3v) is 4.05. The molecular weight excluding hydrogens is 264 g/mol. The van der Waals surface area contributed by atoms with E-state index in [9.17, 15) is 4.79 Å². The number of benzene rings is 1. The van der Waals surface area contributed by atoms with Crippen molar-refractivity contribution >= 4 is 34.2 Å². The topological polar surface area (TPSA) is 42.0 Å². The average molecular weight is 278 g/mol. The molecule has 0 bridgehead atoms. The molecule has 0 unspecified atom stereocenters. The minimum absolute atomic E-state index is 0.0739. The smallest absolute Gasteiger partial charge is 0.257 e. The molecule has 1 N–H and O–H groups in total. The van der Waals surface area contributed by atoms with E-state index < -0.39 is 0 Å². The molecule has 5 heteroatoms. The number of amides is 1. The Balaban J connectivity index is 2.18. The van der Waals surface area contributed by atoms with Crippen LogP contribution in [0.4, 0.5) is 5.00 Å². The summed E-state index contributed by atoms with van der Waals surface area (Å²) in [7, 11) is 0. The molecule has 0 saturated heterocycles. The molecule has 0 aliphatic carbocycles. The Bertz CT molecular complexity index is 551. The van der Waals surface area contributed by atoms with E-state index >= 15 is 0 Å². The summed E-state index contributed by atoms with van der Waals surface area (Å²) in [5, 5.41) is 3.67. The zero-order chi connectivity index (χ0) is 13.0. The first kappa shape index (κ1) is 13.1. The molecular formula is C13H14N2OS2. The van der Waals surface area contributed by atoms with Crippen LogP contribution in [0.1, 0.15) is 23.0 Å². The number of rotatable bonds is 4. The number of aromatic nitrogens is 1. The second-order valence-corrected chi connectivity index (χ2v) is 5.83. The fourth-order valence-electron chi connectivity index (χ4n) is 1.54. The van der Waals surface area contributed by atoms with Crippen LogP contribution in [0.15, 0.2) is 35.2 Å². The molecule has 0 aliphatic rings. The van der Waals surface area contributed by atoms with Gasteiger partial charge in [0.1, 0.15) is 5.00 Å². The van der Waals surface area contributed by atoms with Crippen molar-refractivity contribution in [3.8, 4) is 0 Å². The summed E-state index contributed by atoms with van der Waals surface area (Å²) in [5.74, 6) is 0.874. The molecule has 0 atom stereocenters. The quantitative estimate of drug-likeness (QED) is 0.865. The molecule has 1 amide bonds. The zero-order valence-corrected chi connectivity index (χ0v) is 11.9. The van der Waals surface area contributed by atoms with Crippen LogP contribution in [0.5, 0.6) is 0 Å². The Morgan fingerprint density at radius 1 is 1.44 bits per heavy atom. The number of hydrogen-bond acceptors (Lipinski definition) is 4. The summed E-state index contributed by atoms with van der Waals surface area (Å²) in [4.78, 5) is 13.2. The van der Waals surface area contributed by atoms with Gasteiger partial charge in [-0.2, -0.15) is 4.37 Å². The Labute approximate surface area is 115 Å². The van der Waals surface area contributed by atoms with Crippen molar-refractivity contribution in [2.45, 2.75) is 18.7 Å². The van der Waals surface area contributed by atoms with Crippen LogP contribution < -0.4 is 5.32 Å². The molecule has 0 fully saturated rings. The minimum atomic E-state index is -0.0739. The van der Waals surface area contributed by atoms with Gasteiger partial charge in [0.2, 0.25) is 0 Å². The molecule has 1 heterocycles. The summed E-state index contributed by atoms with van der Waals surface area (Å²) < 4.78 is 4.14. The highest BCUT2D eigenvalue weighted by atomic mass is 32.2. The van der Waals surface area contributed by atoms with Gasteiger partial charge in [0.25, 0.3) is 5.91 Å². The highest BCUT2D eigenvalue weighted by Gasteiger charge is 2.12. The molecule has 2 rings (SSSR count). The van der Waals surface area contributed by atoms with Crippen LogP contribution in [0, 0.1) is 6.92 Å². The molecule has 0 saturated carbocycles. The average Bonchev–Trinajstić information content (AvgIpc) is 2.76. The SMILES string of the molecule is CCSc1ccccc1C(=O)Nc1cc(C)ns1. The van der Waals surface area contributed by atoms with Crippen LogP contribution in [-0.2, 0) is 0 Å². The number of aryl methyl sites for hydroxylation is 1. The first-order chi connectivity index (χ1) is 8.70. The molecule has 94 valence electrons. The largest absolute Gasteiger partial charge is 0.312 e. The minimum Gasteiger partial charge on any atom is -0.312 e. The number of carbonyl (C=O) groups is 1. The lowest BCUT2D eigenvalue weighted by Gasteiger charge is -2.07. The second-order valence-electron chi connectivity index (χ2n) is 3.72. The monoisotopic (exact) mass is 278 g/mol. The van der Waals surface area contributed by atoms with Crippen LogP contribution in [-0.4, -0.2) is 16.0 Å². The first-order valence-corrected chi connectivity index (χ1v) is 7.43. The highest BCUT2D eigenvalue weighted by Crippen LogP contribution is 2.24. The standard InChI is InChI=1S/C13H14N2OS2/c1-3-17-11-7-5-4-6-10(11)13(16)14-12-8-9(2)15-18-12/h4-8H,3H2,1-2H3,(H,14,16). The summed E-state index contributed by atoms with van der Waals surface area (Å²) in [6.07, 6.45) is 0. The third kappa shape index (κ3) is 3.11. The maximum atomic E-state index is 12.2. The van der Waals surface area contributed by atoms with E-state index in [2.05, 4.69) is 16.6 Å². The van der Waals surface area contributed by atoms with Crippen molar-refractivity contribution in [2.75, 3.05) is 11.1 Å². The number of carbonyl (C=O) groups excluding carboxylic acids is 1. The molecule has 3 nitrogen and oxygen atoms in total. The van der Waals surface area contributed by atoms with Crippen molar-refractivity contribution in [1.29, 1.82) is 0 Å². The maximum absolute atomic E-state index is 12.2. The second kappa shape index (κ2) is 6.02. The lowest BCUT2D eigenvalue weighted by molar-refractivity contribution is 0.102. The third-order valence-electron chi connectivity index (χ3n) is 2.30. The van der Waals surface area contributed by atoms with Gasteiger partial charge in [-0.25, -0.2) is 0 Å². The molecule has 2 aromatic rings. The Morgan fingerprint density at radius 3 is 2.89 bits per heavy atom. The Morgan fingerprint density at radius 2 is 2.22 bits per heavy atom. The number of anilines is 1. The first-order valence-electron chi connectivity index (χ1n) is 5.67. The predicted octanol–water partition coefficient (Wildman–Crippen LogP) is 3.82. The van der Waals surface area contributed by atoms with Gasteiger partial charge in [0.15, 0.2) is 0 Å². The molecule has 0 radical (unpaired) electrons. The normalized spacial score (nSPS) is 10.3. The van der Waals surface area contributed by atoms with Gasteiger partial charge in [-0.3, -0.25) is 4.79 Å². The summed E-state index contributed by atoms with van der Waals surface area (Å²) in [6, 6.07) is 9.53. The van der Waals surface area contributed by atoms with Gasteiger partial charge in [-0.05, 0) is 42.4 Å². The van der Waals surface area contributed by atoms with E-state index in [1.807, 2.05) is 37.3 Å². The van der Waals surface area contributed by atoms with Gasteiger partial charge < -0.3 is 5.32 Å². The van der Waals surface area contributed by atoms with Gasteiger partial charge in [-0.1, -0.05) is 19.1 Å². The van der Waals surface area contributed by atoms with Gasteiger partial charge in [-0.15, -0.1) is 11.8 Å². The van der Waals surface area contributed by atoms with E-state index in [0.717, 1.165) is 26.9 Å². The predicted molar refractivity (Wildman–Crippen MR) is 77.6 cm³/mol. The fourth-order valence-corrected chi connectivity index (χ4v) is 3.00. The van der Waals surface area contributed by atoms with Crippen LogP contribution >= 0.6 is 23.3 Å². The molecule has 18 heavy (non-hydrogen) atoms. The van der Waals surface area contributed by atoms with Crippen molar-refractivity contribution < 1.29 is 4.79 Å². The van der Waals surface area contributed by atoms with Crippen molar-refractivity contribution in [3.05, 3.63) is 41.6 Å². The van der Waals surface area contributed by atoms with Crippen molar-refractivity contribution in [2.24, 2.45) is 0 Å². The molecule has 0 aliphatic heterocycles. The lowest BCUT2D eigenvalue weighted by Crippen LogP contribution is -2.12.